The Morgan fingerprint density at radius 1 is 1.24 bits per heavy atom. The molecule has 0 spiro atoms. The molecule has 90 valence electrons. The van der Waals surface area contributed by atoms with E-state index in [0.717, 1.165) is 0 Å². The number of nitrogens with one attached hydrogen (secondary N) is 1. The van der Waals surface area contributed by atoms with Crippen LogP contribution >= 0.6 is 11.3 Å². The van der Waals surface area contributed by atoms with Crippen molar-refractivity contribution in [3.8, 4) is 10.6 Å². The molecule has 0 amide bonds. The molecule has 1 heterocycles. The van der Waals surface area contributed by atoms with Crippen molar-refractivity contribution in [3.63, 3.8) is 0 Å². The second-order valence-electron chi connectivity index (χ2n) is 3.55. The monoisotopic (exact) mass is 255 g/mol. The maximum Gasteiger partial charge on any atom is 0.153 e. The van der Waals surface area contributed by atoms with Crippen LogP contribution in [0.15, 0.2) is 18.2 Å². The quantitative estimate of drug-likeness (QED) is 0.916. The Hall–Kier alpha value is -1.40. The molecule has 17 heavy (non-hydrogen) atoms. The molecule has 0 aliphatic heterocycles. The molecular formula is C11H11F2N3S. The molecule has 0 fully saturated rings. The fraction of sp³-hybridized carbons (Fsp3) is 0.273. The third kappa shape index (κ3) is 2.32. The SMILES string of the molecule is CNC(C)c1nnc(-c2c(F)cccc2F)s1. The first-order valence-corrected chi connectivity index (χ1v) is 5.90. The van der Waals surface area contributed by atoms with Gasteiger partial charge in [0.15, 0.2) is 5.01 Å². The van der Waals surface area contributed by atoms with Crippen LogP contribution in [0.2, 0.25) is 0 Å². The molecule has 0 radical (unpaired) electrons. The Labute approximate surface area is 102 Å². The minimum Gasteiger partial charge on any atom is -0.311 e. The van der Waals surface area contributed by atoms with Crippen LogP contribution < -0.4 is 5.32 Å². The van der Waals surface area contributed by atoms with Crippen LogP contribution in [0, 0.1) is 11.6 Å². The average Bonchev–Trinajstić information content (AvgIpc) is 2.77. The fourth-order valence-electron chi connectivity index (χ4n) is 1.34. The van der Waals surface area contributed by atoms with Gasteiger partial charge < -0.3 is 5.32 Å². The lowest BCUT2D eigenvalue weighted by molar-refractivity contribution is 0.589. The highest BCUT2D eigenvalue weighted by atomic mass is 32.1. The Bertz CT molecular complexity index is 507. The Kier molecular flexibility index (Phi) is 3.44. The summed E-state index contributed by atoms with van der Waals surface area (Å²) in [4.78, 5) is 0. The van der Waals surface area contributed by atoms with Gasteiger partial charge in [0.25, 0.3) is 0 Å². The Morgan fingerprint density at radius 2 is 1.88 bits per heavy atom. The molecule has 0 bridgehead atoms. The minimum atomic E-state index is -0.621. The normalized spacial score (nSPS) is 12.7. The molecule has 0 saturated carbocycles. The van der Waals surface area contributed by atoms with E-state index in [9.17, 15) is 8.78 Å². The number of nitrogens with zero attached hydrogens (tertiary/aromatic N) is 2. The summed E-state index contributed by atoms with van der Waals surface area (Å²) in [5, 5.41) is 11.7. The van der Waals surface area contributed by atoms with Crippen LogP contribution in [-0.4, -0.2) is 17.2 Å². The first-order chi connectivity index (χ1) is 8.13. The van der Waals surface area contributed by atoms with Crippen molar-refractivity contribution in [2.45, 2.75) is 13.0 Å². The van der Waals surface area contributed by atoms with E-state index < -0.39 is 11.6 Å². The second kappa shape index (κ2) is 4.85. The van der Waals surface area contributed by atoms with Crippen molar-refractivity contribution in [2.75, 3.05) is 7.05 Å². The summed E-state index contributed by atoms with van der Waals surface area (Å²) < 4.78 is 27.0. The number of aromatic nitrogens is 2. The van der Waals surface area contributed by atoms with Crippen LogP contribution in [0.5, 0.6) is 0 Å². The van der Waals surface area contributed by atoms with Gasteiger partial charge in [-0.3, -0.25) is 0 Å². The predicted octanol–water partition coefficient (Wildman–Crippen LogP) is 2.76. The lowest BCUT2D eigenvalue weighted by Gasteiger charge is -2.03. The standard InChI is InChI=1S/C11H11F2N3S/c1-6(14-2)10-15-16-11(17-10)9-7(12)4-3-5-8(9)13/h3-6,14H,1-2H3. The van der Waals surface area contributed by atoms with Crippen molar-refractivity contribution in [1.29, 1.82) is 0 Å². The highest BCUT2D eigenvalue weighted by Gasteiger charge is 2.17. The largest absolute Gasteiger partial charge is 0.311 e. The lowest BCUT2D eigenvalue weighted by atomic mass is 10.2. The third-order valence-corrected chi connectivity index (χ3v) is 3.54. The topological polar surface area (TPSA) is 37.8 Å². The number of hydrogen-bond acceptors (Lipinski definition) is 4. The average molecular weight is 255 g/mol. The van der Waals surface area contributed by atoms with Gasteiger partial charge in [0.1, 0.15) is 16.6 Å². The minimum absolute atomic E-state index is 0.0103. The fourth-order valence-corrected chi connectivity index (χ4v) is 2.29. The van der Waals surface area contributed by atoms with E-state index in [1.165, 1.54) is 29.5 Å². The zero-order chi connectivity index (χ0) is 12.4. The van der Waals surface area contributed by atoms with Gasteiger partial charge in [-0.05, 0) is 26.1 Å². The Balaban J connectivity index is 2.44. The van der Waals surface area contributed by atoms with Gasteiger partial charge >= 0.3 is 0 Å². The van der Waals surface area contributed by atoms with Crippen LogP contribution in [0.3, 0.4) is 0 Å². The van der Waals surface area contributed by atoms with Crippen LogP contribution in [-0.2, 0) is 0 Å². The van der Waals surface area contributed by atoms with Gasteiger partial charge in [-0.1, -0.05) is 17.4 Å². The Morgan fingerprint density at radius 3 is 2.47 bits per heavy atom. The van der Waals surface area contributed by atoms with Gasteiger partial charge in [0.05, 0.1) is 11.6 Å². The van der Waals surface area contributed by atoms with Crippen molar-refractivity contribution in [2.24, 2.45) is 0 Å². The lowest BCUT2D eigenvalue weighted by Crippen LogP contribution is -2.11. The van der Waals surface area contributed by atoms with Crippen molar-refractivity contribution >= 4 is 11.3 Å². The number of rotatable bonds is 3. The maximum absolute atomic E-state index is 13.5. The van der Waals surface area contributed by atoms with Crippen LogP contribution in [0.4, 0.5) is 8.78 Å². The molecular weight excluding hydrogens is 244 g/mol. The van der Waals surface area contributed by atoms with E-state index in [4.69, 9.17) is 0 Å². The van der Waals surface area contributed by atoms with Crippen LogP contribution in [0.25, 0.3) is 10.6 Å². The van der Waals surface area contributed by atoms with E-state index in [2.05, 4.69) is 15.5 Å². The molecule has 1 aromatic heterocycles. The van der Waals surface area contributed by atoms with Crippen molar-refractivity contribution in [3.05, 3.63) is 34.8 Å². The summed E-state index contributed by atoms with van der Waals surface area (Å²) >= 11 is 1.18. The first-order valence-electron chi connectivity index (χ1n) is 5.08. The number of hydrogen-bond donors (Lipinski definition) is 1. The van der Waals surface area contributed by atoms with E-state index >= 15 is 0 Å². The second-order valence-corrected chi connectivity index (χ2v) is 4.56. The molecule has 2 aromatic rings. The summed E-state index contributed by atoms with van der Waals surface area (Å²) in [5.74, 6) is -1.24. The van der Waals surface area contributed by atoms with Gasteiger partial charge in [0.2, 0.25) is 0 Å². The molecule has 6 heteroatoms. The highest BCUT2D eigenvalue weighted by Crippen LogP contribution is 2.30. The molecule has 0 saturated heterocycles. The third-order valence-electron chi connectivity index (χ3n) is 2.42. The number of benzene rings is 1. The van der Waals surface area contributed by atoms with Gasteiger partial charge in [-0.2, -0.15) is 0 Å². The van der Waals surface area contributed by atoms with Crippen molar-refractivity contribution < 1.29 is 8.78 Å². The van der Waals surface area contributed by atoms with Crippen molar-refractivity contribution in [1.82, 2.24) is 15.5 Å². The van der Waals surface area contributed by atoms with E-state index in [1.807, 2.05) is 6.92 Å². The number of halogens is 2. The zero-order valence-corrected chi connectivity index (χ0v) is 10.2. The smallest absolute Gasteiger partial charge is 0.153 e. The highest BCUT2D eigenvalue weighted by molar-refractivity contribution is 7.14. The summed E-state index contributed by atoms with van der Waals surface area (Å²) in [6.07, 6.45) is 0. The van der Waals surface area contributed by atoms with Crippen LogP contribution in [0.1, 0.15) is 18.0 Å². The molecule has 2 rings (SSSR count). The van der Waals surface area contributed by atoms with E-state index in [-0.39, 0.29) is 16.6 Å². The maximum atomic E-state index is 13.5. The molecule has 1 atom stereocenters. The molecule has 1 N–H and O–H groups in total. The summed E-state index contributed by atoms with van der Waals surface area (Å²) in [5.41, 5.74) is -0.112. The van der Waals surface area contributed by atoms with Gasteiger partial charge in [0, 0.05) is 0 Å². The molecule has 1 unspecified atom stereocenters. The molecule has 1 aromatic carbocycles. The van der Waals surface area contributed by atoms with Gasteiger partial charge in [-0.25, -0.2) is 8.78 Å². The van der Waals surface area contributed by atoms with Gasteiger partial charge in [-0.15, -0.1) is 10.2 Å². The van der Waals surface area contributed by atoms with E-state index in [0.29, 0.717) is 5.01 Å². The summed E-state index contributed by atoms with van der Waals surface area (Å²) in [7, 11) is 1.79. The zero-order valence-electron chi connectivity index (χ0n) is 9.37. The summed E-state index contributed by atoms with van der Waals surface area (Å²) in [6, 6.07) is 3.75. The predicted molar refractivity (Wildman–Crippen MR) is 62.7 cm³/mol. The molecule has 0 aliphatic carbocycles. The van der Waals surface area contributed by atoms with E-state index in [1.54, 1.807) is 7.05 Å². The molecule has 3 nitrogen and oxygen atoms in total. The summed E-state index contributed by atoms with van der Waals surface area (Å²) in [6.45, 7) is 1.90. The molecule has 0 aliphatic rings. The first kappa shape index (κ1) is 12.1.